The van der Waals surface area contributed by atoms with Crippen molar-refractivity contribution < 1.29 is 4.79 Å². The molecule has 3 atom stereocenters. The first-order chi connectivity index (χ1) is 14.0. The van der Waals surface area contributed by atoms with Crippen molar-refractivity contribution in [3.8, 4) is 0 Å². The van der Waals surface area contributed by atoms with Crippen LogP contribution in [0.1, 0.15) is 51.0 Å². The van der Waals surface area contributed by atoms with Gasteiger partial charge >= 0.3 is 0 Å². The molecule has 0 aromatic heterocycles. The summed E-state index contributed by atoms with van der Waals surface area (Å²) >= 11 is 0. The number of aliphatic imine (C=N–C) groups is 1. The molecule has 1 fully saturated rings. The second-order valence-electron chi connectivity index (χ2n) is 8.83. The quantitative estimate of drug-likeness (QED) is 0.219. The fourth-order valence-electron chi connectivity index (χ4n) is 4.77. The van der Waals surface area contributed by atoms with Gasteiger partial charge in [0.2, 0.25) is 5.91 Å². The summed E-state index contributed by atoms with van der Waals surface area (Å²) < 4.78 is 0. The van der Waals surface area contributed by atoms with Crippen LogP contribution in [0.3, 0.4) is 0 Å². The predicted molar refractivity (Wildman–Crippen MR) is 136 cm³/mol. The first-order valence-corrected chi connectivity index (χ1v) is 11.1. The first kappa shape index (κ1) is 24.9. The van der Waals surface area contributed by atoms with Crippen molar-refractivity contribution in [2.45, 2.75) is 45.4 Å². The van der Waals surface area contributed by atoms with E-state index in [0.717, 1.165) is 36.4 Å². The number of likely N-dealkylation sites (tertiary alicyclic amines) is 1. The number of carbonyl (C=O) groups is 1. The number of unbranched alkanes of at least 4 members (excludes halogenated alkanes) is 1. The number of fused-ring (bicyclic) bond motifs is 1. The molecule has 1 saturated heterocycles. The molecule has 0 bridgehead atoms. The molecule has 1 amide bonds. The molecule has 30 heavy (non-hydrogen) atoms. The maximum atomic E-state index is 12.0. The van der Waals surface area contributed by atoms with Gasteiger partial charge in [-0.25, -0.2) is 0 Å². The summed E-state index contributed by atoms with van der Waals surface area (Å²) in [5.41, 5.74) is 2.12. The molecule has 0 aliphatic carbocycles. The van der Waals surface area contributed by atoms with Gasteiger partial charge in [-0.3, -0.25) is 9.79 Å². The van der Waals surface area contributed by atoms with Gasteiger partial charge in [-0.1, -0.05) is 32.0 Å². The number of nitrogens with zero attached hydrogens (tertiary/aromatic N) is 2. The highest BCUT2D eigenvalue weighted by atomic mass is 127. The molecule has 3 rings (SSSR count). The fourth-order valence-corrected chi connectivity index (χ4v) is 4.77. The zero-order chi connectivity index (χ0) is 20.6. The van der Waals surface area contributed by atoms with Crippen LogP contribution >= 0.6 is 24.0 Å². The second kappa shape index (κ2) is 12.5. The number of amides is 1. The van der Waals surface area contributed by atoms with Crippen molar-refractivity contribution in [3.63, 3.8) is 0 Å². The molecule has 2 aliphatic heterocycles. The van der Waals surface area contributed by atoms with Gasteiger partial charge in [-0.2, -0.15) is 0 Å². The van der Waals surface area contributed by atoms with Crippen LogP contribution in [0.15, 0.2) is 29.3 Å². The Balaban J connectivity index is 0.00000320. The van der Waals surface area contributed by atoms with Gasteiger partial charge in [0, 0.05) is 51.3 Å². The van der Waals surface area contributed by atoms with Gasteiger partial charge in [-0.05, 0) is 49.3 Å². The third kappa shape index (κ3) is 7.41. The zero-order valence-corrected chi connectivity index (χ0v) is 20.9. The minimum absolute atomic E-state index is 0. The number of guanidine groups is 1. The fraction of sp³-hybridized carbons (Fsp3) is 0.652. The van der Waals surface area contributed by atoms with Gasteiger partial charge in [0.25, 0.3) is 0 Å². The first-order valence-electron chi connectivity index (χ1n) is 11.1. The van der Waals surface area contributed by atoms with Crippen molar-refractivity contribution in [2.24, 2.45) is 16.8 Å². The molecule has 0 saturated carbocycles. The Labute approximate surface area is 198 Å². The second-order valence-corrected chi connectivity index (χ2v) is 8.83. The number of hydrogen-bond donors (Lipinski definition) is 3. The molecule has 0 spiro atoms. The molecule has 168 valence electrons. The Kier molecular flexibility index (Phi) is 10.4. The number of hydrogen-bond acceptors (Lipinski definition) is 3. The number of piperidine rings is 1. The van der Waals surface area contributed by atoms with Crippen molar-refractivity contribution in [1.82, 2.24) is 15.5 Å². The van der Waals surface area contributed by atoms with E-state index in [0.29, 0.717) is 13.0 Å². The molecule has 2 aliphatic rings. The summed E-state index contributed by atoms with van der Waals surface area (Å²) in [5, 5.41) is 9.78. The van der Waals surface area contributed by atoms with E-state index >= 15 is 0 Å². The van der Waals surface area contributed by atoms with E-state index in [9.17, 15) is 4.79 Å². The average Bonchev–Trinajstić information content (AvgIpc) is 2.69. The molecule has 6 nitrogen and oxygen atoms in total. The lowest BCUT2D eigenvalue weighted by molar-refractivity contribution is -0.116. The van der Waals surface area contributed by atoms with E-state index in [1.165, 1.54) is 38.0 Å². The summed E-state index contributed by atoms with van der Waals surface area (Å²) in [6.45, 7) is 10.0. The Morgan fingerprint density at radius 2 is 1.90 bits per heavy atom. The number of rotatable bonds is 7. The van der Waals surface area contributed by atoms with E-state index in [-0.39, 0.29) is 35.8 Å². The molecular weight excluding hydrogens is 489 g/mol. The molecule has 7 heteroatoms. The average molecular weight is 527 g/mol. The summed E-state index contributed by atoms with van der Waals surface area (Å²) in [6.07, 6.45) is 4.22. The molecule has 0 radical (unpaired) electrons. The van der Waals surface area contributed by atoms with Gasteiger partial charge in [0.15, 0.2) is 5.96 Å². The van der Waals surface area contributed by atoms with Crippen LogP contribution in [-0.4, -0.2) is 56.5 Å². The standard InChI is InChI=1S/C23H37N5O.HI/c1-17-12-18(2)16-28(15-17)11-7-6-10-25-23(24-3)26-14-19-13-22(29)27-21-9-5-4-8-20(19)21;/h4-5,8-9,17-19H,6-7,10-16H2,1-3H3,(H,27,29)(H2,24,25,26);1H. The van der Waals surface area contributed by atoms with Gasteiger partial charge < -0.3 is 20.9 Å². The van der Waals surface area contributed by atoms with E-state index in [1.54, 1.807) is 7.05 Å². The molecule has 3 N–H and O–H groups in total. The highest BCUT2D eigenvalue weighted by molar-refractivity contribution is 14.0. The smallest absolute Gasteiger partial charge is 0.225 e. The lowest BCUT2D eigenvalue weighted by Gasteiger charge is -2.34. The predicted octanol–water partition coefficient (Wildman–Crippen LogP) is 3.65. The number of carbonyl (C=O) groups excluding carboxylic acids is 1. The van der Waals surface area contributed by atoms with Crippen LogP contribution in [0.5, 0.6) is 0 Å². The maximum absolute atomic E-state index is 12.0. The number of benzene rings is 1. The van der Waals surface area contributed by atoms with E-state index in [4.69, 9.17) is 0 Å². The molecule has 2 heterocycles. The van der Waals surface area contributed by atoms with Crippen LogP contribution in [0.4, 0.5) is 5.69 Å². The van der Waals surface area contributed by atoms with E-state index in [2.05, 4.69) is 45.8 Å². The maximum Gasteiger partial charge on any atom is 0.225 e. The van der Waals surface area contributed by atoms with Crippen molar-refractivity contribution in [3.05, 3.63) is 29.8 Å². The summed E-state index contributed by atoms with van der Waals surface area (Å²) in [6, 6.07) is 8.05. The third-order valence-electron chi connectivity index (χ3n) is 5.98. The summed E-state index contributed by atoms with van der Waals surface area (Å²) in [4.78, 5) is 18.9. The lowest BCUT2D eigenvalue weighted by atomic mass is 9.90. The number of anilines is 1. The Morgan fingerprint density at radius 1 is 1.17 bits per heavy atom. The lowest BCUT2D eigenvalue weighted by Crippen LogP contribution is -2.41. The molecule has 1 aromatic carbocycles. The highest BCUT2D eigenvalue weighted by Gasteiger charge is 2.25. The largest absolute Gasteiger partial charge is 0.356 e. The Hall–Kier alpha value is -1.35. The summed E-state index contributed by atoms with van der Waals surface area (Å²) in [7, 11) is 1.80. The van der Waals surface area contributed by atoms with Crippen LogP contribution in [0.25, 0.3) is 0 Å². The Bertz CT molecular complexity index is 701. The monoisotopic (exact) mass is 527 g/mol. The van der Waals surface area contributed by atoms with Crippen LogP contribution in [0, 0.1) is 11.8 Å². The SMILES string of the molecule is CN=C(NCCCCN1CC(C)CC(C)C1)NCC1CC(=O)Nc2ccccc21.I. The minimum Gasteiger partial charge on any atom is -0.356 e. The topological polar surface area (TPSA) is 68.8 Å². The van der Waals surface area contributed by atoms with Crippen molar-refractivity contribution >= 4 is 41.5 Å². The summed E-state index contributed by atoms with van der Waals surface area (Å²) in [5.74, 6) is 2.72. The minimum atomic E-state index is 0. The number of para-hydroxylation sites is 1. The van der Waals surface area contributed by atoms with Crippen molar-refractivity contribution in [2.75, 3.05) is 45.1 Å². The van der Waals surface area contributed by atoms with Crippen LogP contribution < -0.4 is 16.0 Å². The van der Waals surface area contributed by atoms with Crippen LogP contribution in [0.2, 0.25) is 0 Å². The molecule has 1 aromatic rings. The molecular formula is C23H38IN5O. The van der Waals surface area contributed by atoms with E-state index in [1.807, 2.05) is 18.2 Å². The van der Waals surface area contributed by atoms with Crippen LogP contribution in [-0.2, 0) is 4.79 Å². The zero-order valence-electron chi connectivity index (χ0n) is 18.6. The third-order valence-corrected chi connectivity index (χ3v) is 5.98. The molecule has 3 unspecified atom stereocenters. The van der Waals surface area contributed by atoms with Gasteiger partial charge in [0.05, 0.1) is 0 Å². The van der Waals surface area contributed by atoms with E-state index < -0.39 is 0 Å². The van der Waals surface area contributed by atoms with Crippen molar-refractivity contribution in [1.29, 1.82) is 0 Å². The number of nitrogens with one attached hydrogen (secondary N) is 3. The number of halogens is 1. The Morgan fingerprint density at radius 3 is 2.63 bits per heavy atom. The highest BCUT2D eigenvalue weighted by Crippen LogP contribution is 2.31. The van der Waals surface area contributed by atoms with Gasteiger partial charge in [0.1, 0.15) is 0 Å². The van der Waals surface area contributed by atoms with Gasteiger partial charge in [-0.15, -0.1) is 24.0 Å². The normalized spacial score (nSPS) is 24.4.